The number of fused-ring (bicyclic) bond motifs is 1. The fraction of sp³-hybridized carbons (Fsp3) is 0.200. The lowest BCUT2D eigenvalue weighted by atomic mass is 10.1. The Morgan fingerprint density at radius 2 is 2.00 bits per heavy atom. The van der Waals surface area contributed by atoms with Gasteiger partial charge in [-0.1, -0.05) is 35.5 Å². The van der Waals surface area contributed by atoms with Crippen LogP contribution in [0.25, 0.3) is 22.4 Å². The molecule has 11 heteroatoms. The molecule has 1 N–H and O–H groups in total. The van der Waals surface area contributed by atoms with Crippen molar-refractivity contribution in [3.05, 3.63) is 62.2 Å². The first-order valence-electron chi connectivity index (χ1n) is 9.22. The van der Waals surface area contributed by atoms with E-state index in [1.807, 2.05) is 31.2 Å². The minimum Gasteiger partial charge on any atom is -0.301 e. The number of hydrogen-bond acceptors (Lipinski definition) is 8. The number of carbonyl (C=O) groups is 1. The molecule has 9 nitrogen and oxygen atoms in total. The molecule has 4 rings (SSSR count). The number of anilines is 1. The Kier molecular flexibility index (Phi) is 5.70. The Bertz CT molecular complexity index is 1410. The van der Waals surface area contributed by atoms with Crippen LogP contribution < -0.4 is 16.6 Å². The van der Waals surface area contributed by atoms with Crippen LogP contribution in [-0.4, -0.2) is 35.7 Å². The summed E-state index contributed by atoms with van der Waals surface area (Å²) in [6.45, 7) is 1.95. The normalized spacial score (nSPS) is 11.1. The van der Waals surface area contributed by atoms with Gasteiger partial charge >= 0.3 is 5.69 Å². The van der Waals surface area contributed by atoms with Gasteiger partial charge in [0.2, 0.25) is 5.91 Å². The van der Waals surface area contributed by atoms with E-state index in [-0.39, 0.29) is 22.7 Å². The van der Waals surface area contributed by atoms with Crippen molar-refractivity contribution >= 4 is 45.2 Å². The van der Waals surface area contributed by atoms with Crippen molar-refractivity contribution in [2.24, 2.45) is 14.1 Å². The number of rotatable bonds is 5. The molecule has 0 aliphatic rings. The summed E-state index contributed by atoms with van der Waals surface area (Å²) in [4.78, 5) is 50.8. The molecular formula is C20H18N6O3S2. The third-order valence-electron chi connectivity index (χ3n) is 4.56. The number of nitrogens with zero attached hydrogens (tertiary/aromatic N) is 5. The van der Waals surface area contributed by atoms with Crippen molar-refractivity contribution in [1.82, 2.24) is 24.1 Å². The SMILES string of the molecule is Cc1cccc(-c2nc(SCC(=O)Nc3nccs3)c3c(=O)n(C)c(=O)n(C)c3n2)c1. The molecule has 0 fully saturated rings. The monoisotopic (exact) mass is 454 g/mol. The second-order valence-electron chi connectivity index (χ2n) is 6.80. The van der Waals surface area contributed by atoms with Gasteiger partial charge in [-0.05, 0) is 13.0 Å². The summed E-state index contributed by atoms with van der Waals surface area (Å²) in [5.41, 5.74) is 1.02. The molecule has 0 saturated heterocycles. The number of thiazole rings is 1. The van der Waals surface area contributed by atoms with Gasteiger partial charge in [0.1, 0.15) is 10.4 Å². The van der Waals surface area contributed by atoms with E-state index in [9.17, 15) is 14.4 Å². The van der Waals surface area contributed by atoms with Gasteiger partial charge in [-0.15, -0.1) is 11.3 Å². The van der Waals surface area contributed by atoms with Crippen molar-refractivity contribution in [3.63, 3.8) is 0 Å². The second kappa shape index (κ2) is 8.44. The molecule has 1 amide bonds. The first-order valence-corrected chi connectivity index (χ1v) is 11.1. The van der Waals surface area contributed by atoms with Crippen LogP contribution in [0.2, 0.25) is 0 Å². The lowest BCUT2D eigenvalue weighted by molar-refractivity contribution is -0.113. The van der Waals surface area contributed by atoms with Gasteiger partial charge in [0.15, 0.2) is 16.6 Å². The second-order valence-corrected chi connectivity index (χ2v) is 8.66. The maximum Gasteiger partial charge on any atom is 0.332 e. The molecule has 0 saturated carbocycles. The lowest BCUT2D eigenvalue weighted by Gasteiger charge is -2.12. The summed E-state index contributed by atoms with van der Waals surface area (Å²) in [6.07, 6.45) is 1.60. The number of carbonyl (C=O) groups excluding carboxylic acids is 1. The van der Waals surface area contributed by atoms with Gasteiger partial charge in [0, 0.05) is 31.2 Å². The maximum absolute atomic E-state index is 12.9. The Balaban J connectivity index is 1.82. The molecule has 4 aromatic rings. The van der Waals surface area contributed by atoms with E-state index < -0.39 is 11.2 Å². The van der Waals surface area contributed by atoms with Crippen LogP contribution in [0.5, 0.6) is 0 Å². The number of amides is 1. The molecule has 3 heterocycles. The molecular weight excluding hydrogens is 436 g/mol. The van der Waals surface area contributed by atoms with E-state index in [0.717, 1.165) is 27.5 Å². The molecule has 31 heavy (non-hydrogen) atoms. The van der Waals surface area contributed by atoms with Gasteiger partial charge in [-0.25, -0.2) is 19.7 Å². The van der Waals surface area contributed by atoms with Crippen molar-refractivity contribution in [2.45, 2.75) is 11.9 Å². The number of nitrogens with one attached hydrogen (secondary N) is 1. The van der Waals surface area contributed by atoms with Gasteiger partial charge in [-0.3, -0.25) is 18.7 Å². The third kappa shape index (κ3) is 4.14. The summed E-state index contributed by atoms with van der Waals surface area (Å²) in [7, 11) is 2.96. The zero-order valence-corrected chi connectivity index (χ0v) is 18.6. The van der Waals surface area contributed by atoms with E-state index in [1.165, 1.54) is 23.0 Å². The average Bonchev–Trinajstić information content (AvgIpc) is 3.27. The Morgan fingerprint density at radius 3 is 2.71 bits per heavy atom. The highest BCUT2D eigenvalue weighted by Crippen LogP contribution is 2.26. The largest absolute Gasteiger partial charge is 0.332 e. The summed E-state index contributed by atoms with van der Waals surface area (Å²) >= 11 is 2.43. The number of benzene rings is 1. The molecule has 0 aliphatic heterocycles. The zero-order chi connectivity index (χ0) is 22.1. The van der Waals surface area contributed by atoms with Gasteiger partial charge in [0.25, 0.3) is 5.56 Å². The van der Waals surface area contributed by atoms with Crippen LogP contribution in [0.15, 0.2) is 50.5 Å². The van der Waals surface area contributed by atoms with Gasteiger partial charge < -0.3 is 5.32 Å². The predicted molar refractivity (Wildman–Crippen MR) is 122 cm³/mol. The van der Waals surface area contributed by atoms with E-state index in [0.29, 0.717) is 16.0 Å². The molecule has 1 aromatic carbocycles. The minimum absolute atomic E-state index is 0.0188. The van der Waals surface area contributed by atoms with E-state index in [1.54, 1.807) is 18.6 Å². The van der Waals surface area contributed by atoms with E-state index >= 15 is 0 Å². The Morgan fingerprint density at radius 1 is 1.19 bits per heavy atom. The van der Waals surface area contributed by atoms with Crippen molar-refractivity contribution in [2.75, 3.05) is 11.1 Å². The van der Waals surface area contributed by atoms with Crippen molar-refractivity contribution in [1.29, 1.82) is 0 Å². The Labute approximate surface area is 184 Å². The smallest absolute Gasteiger partial charge is 0.301 e. The molecule has 0 unspecified atom stereocenters. The fourth-order valence-corrected chi connectivity index (χ4v) is 4.38. The first-order chi connectivity index (χ1) is 14.8. The predicted octanol–water partition coefficient (Wildman–Crippen LogP) is 2.19. The van der Waals surface area contributed by atoms with Crippen molar-refractivity contribution < 1.29 is 4.79 Å². The van der Waals surface area contributed by atoms with Crippen LogP contribution in [0.1, 0.15) is 5.56 Å². The topological polar surface area (TPSA) is 112 Å². The molecule has 3 aromatic heterocycles. The maximum atomic E-state index is 12.9. The lowest BCUT2D eigenvalue weighted by Crippen LogP contribution is -2.37. The minimum atomic E-state index is -0.503. The highest BCUT2D eigenvalue weighted by molar-refractivity contribution is 8.00. The van der Waals surface area contributed by atoms with Crippen LogP contribution in [-0.2, 0) is 18.9 Å². The highest BCUT2D eigenvalue weighted by atomic mass is 32.2. The summed E-state index contributed by atoms with van der Waals surface area (Å²) < 4.78 is 2.33. The molecule has 0 atom stereocenters. The van der Waals surface area contributed by atoms with Gasteiger partial charge in [0.05, 0.1) is 5.75 Å². The van der Waals surface area contributed by atoms with Gasteiger partial charge in [-0.2, -0.15) is 0 Å². The van der Waals surface area contributed by atoms with Crippen molar-refractivity contribution in [3.8, 4) is 11.4 Å². The molecule has 0 radical (unpaired) electrons. The molecule has 0 spiro atoms. The zero-order valence-electron chi connectivity index (χ0n) is 16.9. The van der Waals surface area contributed by atoms with Crippen LogP contribution in [0.3, 0.4) is 0 Å². The number of aromatic nitrogens is 5. The summed E-state index contributed by atoms with van der Waals surface area (Å²) in [5, 5.41) is 5.51. The number of thioether (sulfide) groups is 1. The Hall–Kier alpha value is -3.31. The number of aryl methyl sites for hydroxylation is 2. The first kappa shape index (κ1) is 20.9. The third-order valence-corrected chi connectivity index (χ3v) is 6.23. The molecule has 0 bridgehead atoms. The average molecular weight is 455 g/mol. The van der Waals surface area contributed by atoms with Crippen LogP contribution in [0, 0.1) is 6.92 Å². The van der Waals surface area contributed by atoms with Crippen LogP contribution >= 0.6 is 23.1 Å². The highest BCUT2D eigenvalue weighted by Gasteiger charge is 2.19. The van der Waals surface area contributed by atoms with E-state index in [4.69, 9.17) is 0 Å². The summed E-state index contributed by atoms with van der Waals surface area (Å²) in [6, 6.07) is 7.62. The quantitative estimate of drug-likeness (QED) is 0.363. The van der Waals surface area contributed by atoms with Crippen LogP contribution in [0.4, 0.5) is 5.13 Å². The fourth-order valence-electron chi connectivity index (χ4n) is 3.02. The van der Waals surface area contributed by atoms with E-state index in [2.05, 4.69) is 20.3 Å². The summed E-state index contributed by atoms with van der Waals surface area (Å²) in [5.74, 6) is 0.123. The molecule has 0 aliphatic carbocycles. The standard InChI is InChI=1S/C20H18N6O3S2/c1-11-5-4-6-12(9-11)15-23-16-14(18(28)26(3)20(29)25(16)2)17(24-15)31-10-13(27)22-19-21-7-8-30-19/h4-9H,10H2,1-3H3,(H,21,22,27). The molecule has 158 valence electrons. The number of hydrogen-bond donors (Lipinski definition) is 1.